The number of unbranched alkanes of at least 4 members (excludes halogenated alkanes) is 2. The van der Waals surface area contributed by atoms with Gasteiger partial charge in [-0.1, -0.05) is 34.5 Å². The number of ether oxygens (including phenoxy) is 10. The molecular formula is C70H101F2N11O17. The van der Waals surface area contributed by atoms with E-state index in [0.29, 0.717) is 122 Å². The molecule has 2 aromatic carbocycles. The molecule has 2 atom stereocenters. The van der Waals surface area contributed by atoms with Gasteiger partial charge < -0.3 is 67.8 Å². The average molecular weight is 1410 g/mol. The van der Waals surface area contributed by atoms with Gasteiger partial charge in [-0.2, -0.15) is 0 Å². The zero-order chi connectivity index (χ0) is 72.8. The van der Waals surface area contributed by atoms with Crippen molar-refractivity contribution >= 4 is 35.7 Å². The lowest BCUT2D eigenvalue weighted by molar-refractivity contribution is -0.144. The molecule has 3 N–H and O–H groups in total. The summed E-state index contributed by atoms with van der Waals surface area (Å²) in [6.07, 6.45) is 10.2. The molecule has 2 aliphatic rings. The summed E-state index contributed by atoms with van der Waals surface area (Å²) in [5.74, 6) is -2.75. The maximum absolute atomic E-state index is 14.6. The van der Waals surface area contributed by atoms with Gasteiger partial charge in [0.1, 0.15) is 11.4 Å². The molecule has 2 amide bonds. The number of nitrogens with one attached hydrogen (secondary N) is 1. The Morgan fingerprint density at radius 2 is 1.17 bits per heavy atom. The molecule has 0 fully saturated rings. The lowest BCUT2D eigenvalue weighted by Crippen LogP contribution is -2.40. The molecule has 3 heterocycles. The Morgan fingerprint density at radius 1 is 0.640 bits per heavy atom. The van der Waals surface area contributed by atoms with Crippen LogP contribution in [0.15, 0.2) is 70.9 Å². The summed E-state index contributed by atoms with van der Waals surface area (Å²) < 4.78 is 81.6. The van der Waals surface area contributed by atoms with Crippen LogP contribution in [-0.4, -0.2) is 193 Å². The number of nitrogens with zero attached hydrogens (tertiary/aromatic N) is 10. The van der Waals surface area contributed by atoms with Crippen LogP contribution < -0.4 is 19.7 Å². The number of hydrogen-bond acceptors (Lipinski definition) is 20. The summed E-state index contributed by atoms with van der Waals surface area (Å²) in [6, 6.07) is 15.7. The smallest absolute Gasteiger partial charge is 0.416 e. The van der Waals surface area contributed by atoms with E-state index in [4.69, 9.17) is 68.5 Å². The number of aromatic nitrogens is 2. The van der Waals surface area contributed by atoms with Crippen LogP contribution in [0.2, 0.25) is 0 Å². The van der Waals surface area contributed by atoms with Crippen molar-refractivity contribution in [2.24, 2.45) is 10.2 Å². The van der Waals surface area contributed by atoms with Crippen molar-refractivity contribution in [3.8, 4) is 11.5 Å². The molecule has 4 aromatic rings. The largest absolute Gasteiger partial charge is 0.494 e. The number of anilines is 1. The van der Waals surface area contributed by atoms with Gasteiger partial charge in [0.15, 0.2) is 23.1 Å². The highest BCUT2D eigenvalue weighted by atomic mass is 19.1. The van der Waals surface area contributed by atoms with E-state index in [2.05, 4.69) is 42.5 Å². The number of carbonyl (C=O) groups excluding carboxylic acids is 3. The molecule has 2 aromatic heterocycles. The number of carbonyl (C=O) groups is 5. The number of halogens is 2. The van der Waals surface area contributed by atoms with Gasteiger partial charge in [-0.15, -0.1) is 0 Å². The molecule has 0 unspecified atom stereocenters. The van der Waals surface area contributed by atoms with Gasteiger partial charge >= 0.3 is 24.0 Å². The molecule has 100 heavy (non-hydrogen) atoms. The number of hydrogen-bond donors (Lipinski definition) is 3. The quantitative estimate of drug-likeness (QED) is 0.0122. The first kappa shape index (κ1) is 84.1. The van der Waals surface area contributed by atoms with Gasteiger partial charge in [-0.25, -0.2) is 18.6 Å². The highest BCUT2D eigenvalue weighted by Gasteiger charge is 2.30. The van der Waals surface area contributed by atoms with Crippen LogP contribution in [0.5, 0.6) is 11.5 Å². The zero-order valence-corrected chi connectivity index (χ0v) is 58.7. The number of aryl methyl sites for hydroxylation is 5. The van der Waals surface area contributed by atoms with E-state index in [1.165, 1.54) is 61.1 Å². The molecule has 30 heteroatoms. The lowest BCUT2D eigenvalue weighted by atomic mass is 9.95. The summed E-state index contributed by atoms with van der Waals surface area (Å²) in [5.41, 5.74) is 22.3. The zero-order valence-electron chi connectivity index (χ0n) is 58.7. The molecule has 0 saturated carbocycles. The van der Waals surface area contributed by atoms with Crippen LogP contribution in [0.3, 0.4) is 0 Å². The molecule has 0 saturated heterocycles. The van der Waals surface area contributed by atoms with Crippen molar-refractivity contribution in [2.75, 3.05) is 138 Å². The fourth-order valence-corrected chi connectivity index (χ4v) is 10.6. The van der Waals surface area contributed by atoms with Crippen LogP contribution in [0.4, 0.5) is 19.4 Å². The first-order chi connectivity index (χ1) is 48.3. The number of benzene rings is 2. The molecule has 1 aliphatic heterocycles. The summed E-state index contributed by atoms with van der Waals surface area (Å²) in [7, 11) is 2.75. The molecule has 0 spiro atoms. The van der Waals surface area contributed by atoms with E-state index in [1.54, 1.807) is 24.0 Å². The van der Waals surface area contributed by atoms with Crippen LogP contribution >= 0.6 is 0 Å². The average Bonchev–Trinajstić information content (AvgIpc) is 0.841. The van der Waals surface area contributed by atoms with Crippen molar-refractivity contribution < 1.29 is 90.3 Å². The monoisotopic (exact) mass is 1410 g/mol. The van der Waals surface area contributed by atoms with E-state index in [1.807, 2.05) is 32.9 Å². The van der Waals surface area contributed by atoms with E-state index >= 15 is 0 Å². The standard InChI is InChI=1S/C32H44FN5O7.C20H31FN4O6.C18H26N2O4/c1-42-30-13-11-25(22-27(30)33)29(23-32(40)41)38(15-17-44-19-21-45-20-18-43-16-14-35-37-34)31(39)9-5-3-7-26-12-10-24-6-2-4-8-28(24)36-26;1-3-31-20(26)15-18(16-4-5-19(27-2)17(21)14-16)23-6-8-28-10-12-30-13-11-29-9-7-24-25-22;1-18(2,3)24-17(23)20-12-6-7-13-10-11-14(19-16(13)20)8-4-5-9-15(21)22/h10-13,22,29H,2-9,14-21,23H2,1H3,(H,40,41);4-5,14,18,23H,3,6-13,15H2,1-2H3;10-11H,4-9,12H2,1-3H3,(H,21,22)/t29-;18-;/m00./s1. The first-order valence-electron chi connectivity index (χ1n) is 34.0. The molecule has 6 rings (SSSR count). The number of carboxylic acid groups (broad SMARTS) is 2. The molecular weight excluding hydrogens is 1300 g/mol. The van der Waals surface area contributed by atoms with Crippen LogP contribution in [0, 0.1) is 11.6 Å². The summed E-state index contributed by atoms with van der Waals surface area (Å²) in [5, 5.41) is 28.3. The van der Waals surface area contributed by atoms with Gasteiger partial charge in [0, 0.05) is 78.5 Å². The highest BCUT2D eigenvalue weighted by Crippen LogP contribution is 2.31. The first-order valence-corrected chi connectivity index (χ1v) is 34.0. The summed E-state index contributed by atoms with van der Waals surface area (Å²) in [6.45, 7) is 13.4. The third-order valence-electron chi connectivity index (χ3n) is 15.4. The Morgan fingerprint density at radius 3 is 1.73 bits per heavy atom. The number of carboxylic acids is 2. The van der Waals surface area contributed by atoms with E-state index in [0.717, 1.165) is 68.3 Å². The lowest BCUT2D eigenvalue weighted by Gasteiger charge is -2.32. The fourth-order valence-electron chi connectivity index (χ4n) is 10.6. The Bertz CT molecular complexity index is 3210. The summed E-state index contributed by atoms with van der Waals surface area (Å²) >= 11 is 0. The van der Waals surface area contributed by atoms with Gasteiger partial charge in [0.2, 0.25) is 5.91 Å². The number of pyridine rings is 2. The maximum atomic E-state index is 14.6. The fraction of sp³-hybridized carbons (Fsp3) is 0.614. The number of esters is 1. The molecule has 552 valence electrons. The molecule has 0 radical (unpaired) electrons. The van der Waals surface area contributed by atoms with Crippen LogP contribution in [0.1, 0.15) is 150 Å². The highest BCUT2D eigenvalue weighted by molar-refractivity contribution is 5.88. The SMILES string of the molecule is CC(C)(C)OC(=O)N1CCCc2ccc(CCCCC(=O)O)nc21.CCOC(=O)C[C@H](NCCOCCOCCOCCN=[N+]=[N-])c1ccc(OC)c(F)c1.COc1ccc([C@H](CC(=O)O)N(CCOCCOCCOCCN=[N+]=[N-])C(=O)CCCCc2ccc3c(n2)CCCC3)cc1F. The second-order valence-corrected chi connectivity index (χ2v) is 24.0. The Labute approximate surface area is 584 Å². The number of fused-ring (bicyclic) bond motifs is 2. The van der Waals surface area contributed by atoms with Crippen molar-refractivity contribution in [3.05, 3.63) is 133 Å². The second-order valence-electron chi connectivity index (χ2n) is 24.0. The number of rotatable bonds is 45. The minimum atomic E-state index is -1.11. The molecule has 28 nitrogen and oxygen atoms in total. The van der Waals surface area contributed by atoms with Gasteiger partial charge in [0.05, 0.1) is 119 Å². The van der Waals surface area contributed by atoms with E-state index in [9.17, 15) is 37.9 Å². The van der Waals surface area contributed by atoms with Crippen molar-refractivity contribution in [1.82, 2.24) is 20.2 Å². The number of azide groups is 2. The van der Waals surface area contributed by atoms with Crippen molar-refractivity contribution in [1.29, 1.82) is 0 Å². The number of amides is 2. The molecule has 0 bridgehead atoms. The van der Waals surface area contributed by atoms with Crippen molar-refractivity contribution in [2.45, 2.75) is 148 Å². The minimum Gasteiger partial charge on any atom is -0.494 e. The van der Waals surface area contributed by atoms with Crippen LogP contribution in [-0.2, 0) is 89.2 Å². The van der Waals surface area contributed by atoms with Gasteiger partial charge in [-0.3, -0.25) is 29.1 Å². The second kappa shape index (κ2) is 49.3. The molecule has 1 aliphatic carbocycles. The number of methoxy groups -OCH3 is 2. The minimum absolute atomic E-state index is 0.0332. The van der Waals surface area contributed by atoms with E-state index in [-0.39, 0.29) is 88.1 Å². The predicted molar refractivity (Wildman–Crippen MR) is 367 cm³/mol. The Kier molecular flexibility index (Phi) is 41.4. The summed E-state index contributed by atoms with van der Waals surface area (Å²) in [4.78, 5) is 78.2. The van der Waals surface area contributed by atoms with Gasteiger partial charge in [0.25, 0.3) is 0 Å². The third-order valence-corrected chi connectivity index (χ3v) is 15.4. The van der Waals surface area contributed by atoms with Gasteiger partial charge in [-0.05, 0) is 174 Å². The van der Waals surface area contributed by atoms with E-state index < -0.39 is 41.3 Å². The Balaban J connectivity index is 0.000000336. The van der Waals surface area contributed by atoms with Crippen LogP contribution in [0.25, 0.3) is 20.9 Å². The normalized spacial score (nSPS) is 12.9. The Hall–Kier alpha value is -8.31. The predicted octanol–water partition coefficient (Wildman–Crippen LogP) is 11.6. The number of aliphatic carboxylic acids is 2. The maximum Gasteiger partial charge on any atom is 0.416 e. The topological polar surface area (TPSA) is 360 Å². The third kappa shape index (κ3) is 34.2. The van der Waals surface area contributed by atoms with Crippen molar-refractivity contribution in [3.63, 3.8) is 0 Å².